The van der Waals surface area contributed by atoms with Gasteiger partial charge >= 0.3 is 0 Å². The molecule has 1 aromatic rings. The van der Waals surface area contributed by atoms with E-state index in [0.29, 0.717) is 5.13 Å². The van der Waals surface area contributed by atoms with Gasteiger partial charge in [0.2, 0.25) is 0 Å². The van der Waals surface area contributed by atoms with Gasteiger partial charge in [-0.05, 0) is 6.92 Å². The molecule has 1 heterocycles. The van der Waals surface area contributed by atoms with Crippen molar-refractivity contribution < 1.29 is 0 Å². The zero-order valence-corrected chi connectivity index (χ0v) is 9.13. The summed E-state index contributed by atoms with van der Waals surface area (Å²) in [6, 6.07) is 0. The molecule has 4 heteroatoms. The fraction of sp³-hybridized carbons (Fsp3) is 0.375. The number of alkyl halides is 1. The van der Waals surface area contributed by atoms with Crippen molar-refractivity contribution in [2.24, 2.45) is 0 Å². The van der Waals surface area contributed by atoms with Crippen LogP contribution in [0, 0.1) is 18.8 Å². The highest BCUT2D eigenvalue weighted by atomic mass is 79.9. The molecule has 0 amide bonds. The van der Waals surface area contributed by atoms with E-state index in [1.54, 1.807) is 0 Å². The number of nitrogens with zero attached hydrogens (tertiary/aromatic N) is 1. The largest absolute Gasteiger partial charge is 0.375 e. The van der Waals surface area contributed by atoms with Crippen molar-refractivity contribution >= 4 is 32.4 Å². The third kappa shape index (κ3) is 2.50. The molecule has 0 spiro atoms. The standard InChI is InChI=1S/C8H9BrN2S/c1-6-7(4-2-3-5-9)12-8(10)11-6/h3,5H2,1H3,(H2,10,11). The number of nitrogen functional groups attached to an aromatic ring is 1. The first kappa shape index (κ1) is 9.56. The molecule has 0 atom stereocenters. The second-order valence-corrected chi connectivity index (χ2v) is 4.03. The molecule has 0 saturated heterocycles. The van der Waals surface area contributed by atoms with E-state index >= 15 is 0 Å². The Balaban J connectivity index is 2.76. The number of hydrogen-bond acceptors (Lipinski definition) is 3. The van der Waals surface area contributed by atoms with Crippen LogP contribution in [0.3, 0.4) is 0 Å². The number of aromatic nitrogens is 1. The molecule has 0 unspecified atom stereocenters. The second kappa shape index (κ2) is 4.48. The first-order valence-electron chi connectivity index (χ1n) is 3.51. The van der Waals surface area contributed by atoms with Gasteiger partial charge in [-0.1, -0.05) is 39.1 Å². The van der Waals surface area contributed by atoms with E-state index in [1.807, 2.05) is 6.92 Å². The molecular formula is C8H9BrN2S. The lowest BCUT2D eigenvalue weighted by Crippen LogP contribution is -1.80. The Morgan fingerprint density at radius 3 is 2.92 bits per heavy atom. The third-order valence-corrected chi connectivity index (χ3v) is 2.53. The lowest BCUT2D eigenvalue weighted by molar-refractivity contribution is 1.26. The van der Waals surface area contributed by atoms with Gasteiger partial charge in [-0.15, -0.1) is 0 Å². The second-order valence-electron chi connectivity index (χ2n) is 2.21. The number of halogens is 1. The van der Waals surface area contributed by atoms with Crippen molar-refractivity contribution in [3.05, 3.63) is 10.6 Å². The predicted molar refractivity (Wildman–Crippen MR) is 56.6 cm³/mol. The molecule has 1 rings (SSSR count). The minimum atomic E-state index is 0.593. The molecular weight excluding hydrogens is 236 g/mol. The van der Waals surface area contributed by atoms with Gasteiger partial charge in [-0.3, -0.25) is 0 Å². The number of nitrogens with two attached hydrogens (primary N) is 1. The third-order valence-electron chi connectivity index (χ3n) is 1.23. The summed E-state index contributed by atoms with van der Waals surface area (Å²) in [5.74, 6) is 6.05. The van der Waals surface area contributed by atoms with E-state index < -0.39 is 0 Å². The quantitative estimate of drug-likeness (QED) is 0.608. The average molecular weight is 245 g/mol. The monoisotopic (exact) mass is 244 g/mol. The Bertz CT molecular complexity index is 322. The van der Waals surface area contributed by atoms with E-state index in [2.05, 4.69) is 32.8 Å². The smallest absolute Gasteiger partial charge is 0.181 e. The van der Waals surface area contributed by atoms with Crippen LogP contribution in [0.5, 0.6) is 0 Å². The summed E-state index contributed by atoms with van der Waals surface area (Å²) in [6.07, 6.45) is 0.858. The maximum absolute atomic E-state index is 5.51. The summed E-state index contributed by atoms with van der Waals surface area (Å²) < 4.78 is 0. The molecule has 0 aromatic carbocycles. The van der Waals surface area contributed by atoms with Gasteiger partial charge in [0.25, 0.3) is 0 Å². The van der Waals surface area contributed by atoms with Gasteiger partial charge in [0, 0.05) is 11.8 Å². The molecule has 1 aromatic heterocycles. The Morgan fingerprint density at radius 1 is 1.67 bits per heavy atom. The SMILES string of the molecule is Cc1nc(N)sc1C#CCCBr. The van der Waals surface area contributed by atoms with Crippen LogP contribution in [0.15, 0.2) is 0 Å². The van der Waals surface area contributed by atoms with Gasteiger partial charge in [0.1, 0.15) is 4.88 Å². The fourth-order valence-corrected chi connectivity index (χ4v) is 1.63. The maximum atomic E-state index is 5.51. The van der Waals surface area contributed by atoms with Crippen LogP contribution < -0.4 is 5.73 Å². The van der Waals surface area contributed by atoms with Crippen LogP contribution in [-0.4, -0.2) is 10.3 Å². The molecule has 0 radical (unpaired) electrons. The van der Waals surface area contributed by atoms with Gasteiger partial charge in [-0.2, -0.15) is 0 Å². The van der Waals surface area contributed by atoms with Crippen molar-refractivity contribution in [2.45, 2.75) is 13.3 Å². The average Bonchev–Trinajstić information content (AvgIpc) is 2.31. The van der Waals surface area contributed by atoms with Gasteiger partial charge in [0.05, 0.1) is 5.69 Å². The van der Waals surface area contributed by atoms with Gasteiger partial charge in [0.15, 0.2) is 5.13 Å². The van der Waals surface area contributed by atoms with Crippen LogP contribution in [0.25, 0.3) is 0 Å². The Hall–Kier alpha value is -0.530. The van der Waals surface area contributed by atoms with Crippen molar-refractivity contribution in [2.75, 3.05) is 11.1 Å². The van der Waals surface area contributed by atoms with E-state index in [9.17, 15) is 0 Å². The van der Waals surface area contributed by atoms with Crippen molar-refractivity contribution in [1.29, 1.82) is 0 Å². The lowest BCUT2D eigenvalue weighted by atomic mass is 10.4. The molecule has 0 aliphatic carbocycles. The molecule has 0 aliphatic heterocycles. The van der Waals surface area contributed by atoms with Crippen molar-refractivity contribution in [1.82, 2.24) is 4.98 Å². The molecule has 0 aliphatic rings. The summed E-state index contributed by atoms with van der Waals surface area (Å²) in [5.41, 5.74) is 6.44. The molecule has 0 fully saturated rings. The minimum absolute atomic E-state index is 0.593. The molecule has 2 nitrogen and oxygen atoms in total. The summed E-state index contributed by atoms with van der Waals surface area (Å²) in [5, 5.41) is 1.50. The Kier molecular flexibility index (Phi) is 3.57. The van der Waals surface area contributed by atoms with E-state index in [0.717, 1.165) is 22.3 Å². The fourth-order valence-electron chi connectivity index (χ4n) is 0.723. The van der Waals surface area contributed by atoms with Crippen LogP contribution in [-0.2, 0) is 0 Å². The molecule has 12 heavy (non-hydrogen) atoms. The predicted octanol–water partition coefficient (Wildman–Crippen LogP) is 2.17. The van der Waals surface area contributed by atoms with E-state index in [1.165, 1.54) is 11.3 Å². The van der Waals surface area contributed by atoms with Gasteiger partial charge in [-0.25, -0.2) is 4.98 Å². The minimum Gasteiger partial charge on any atom is -0.375 e. The summed E-state index contributed by atoms with van der Waals surface area (Å²) in [7, 11) is 0. The summed E-state index contributed by atoms with van der Waals surface area (Å²) in [4.78, 5) is 5.05. The number of rotatable bonds is 1. The normalized spacial score (nSPS) is 9.17. The summed E-state index contributed by atoms with van der Waals surface area (Å²) in [6.45, 7) is 1.92. The van der Waals surface area contributed by atoms with Crippen molar-refractivity contribution in [3.63, 3.8) is 0 Å². The Morgan fingerprint density at radius 2 is 2.42 bits per heavy atom. The van der Waals surface area contributed by atoms with Crippen LogP contribution in [0.2, 0.25) is 0 Å². The highest BCUT2D eigenvalue weighted by Gasteiger charge is 2.00. The van der Waals surface area contributed by atoms with Crippen LogP contribution >= 0.6 is 27.3 Å². The highest BCUT2D eigenvalue weighted by Crippen LogP contribution is 2.17. The molecule has 0 saturated carbocycles. The summed E-state index contributed by atoms with van der Waals surface area (Å²) >= 11 is 4.75. The number of hydrogen-bond donors (Lipinski definition) is 1. The topological polar surface area (TPSA) is 38.9 Å². The van der Waals surface area contributed by atoms with E-state index in [-0.39, 0.29) is 0 Å². The maximum Gasteiger partial charge on any atom is 0.181 e. The zero-order chi connectivity index (χ0) is 8.97. The van der Waals surface area contributed by atoms with Crippen LogP contribution in [0.4, 0.5) is 5.13 Å². The molecule has 2 N–H and O–H groups in total. The number of anilines is 1. The molecule has 0 bridgehead atoms. The van der Waals surface area contributed by atoms with Crippen LogP contribution in [0.1, 0.15) is 17.0 Å². The number of aryl methyl sites for hydroxylation is 1. The molecule has 64 valence electrons. The zero-order valence-electron chi connectivity index (χ0n) is 6.72. The lowest BCUT2D eigenvalue weighted by Gasteiger charge is -1.81. The first-order valence-corrected chi connectivity index (χ1v) is 5.45. The van der Waals surface area contributed by atoms with E-state index in [4.69, 9.17) is 5.73 Å². The first-order chi connectivity index (χ1) is 5.74. The number of thiazole rings is 1. The highest BCUT2D eigenvalue weighted by molar-refractivity contribution is 9.09. The van der Waals surface area contributed by atoms with Gasteiger partial charge < -0.3 is 5.73 Å². The Labute approximate surface area is 84.3 Å². The van der Waals surface area contributed by atoms with Crippen molar-refractivity contribution in [3.8, 4) is 11.8 Å².